The summed E-state index contributed by atoms with van der Waals surface area (Å²) in [5.41, 5.74) is -0.0111. The quantitative estimate of drug-likeness (QED) is 0.788. The van der Waals surface area contributed by atoms with Crippen LogP contribution in [0.4, 0.5) is 5.82 Å². The van der Waals surface area contributed by atoms with Gasteiger partial charge in [-0.2, -0.15) is 5.26 Å². The standard InChI is InChI=1S/C19H20N4O4/c1-21-17(13(11-20)18(24)22(2)19(21)25)23-7-3-4-14(23)12-5-6-15-16(10-12)27-9-8-26-15/h5-6,10,14H,3-4,7-9H2,1-2H3/t14-/m0/s1. The Morgan fingerprint density at radius 1 is 1.11 bits per heavy atom. The minimum atomic E-state index is -0.566. The third-order valence-corrected chi connectivity index (χ3v) is 5.22. The minimum Gasteiger partial charge on any atom is -0.486 e. The Morgan fingerprint density at radius 2 is 1.85 bits per heavy atom. The topological polar surface area (TPSA) is 89.5 Å². The number of hydrogen-bond acceptors (Lipinski definition) is 6. The van der Waals surface area contributed by atoms with E-state index in [0.717, 1.165) is 23.0 Å². The average molecular weight is 368 g/mol. The Labute approximate surface area is 155 Å². The molecule has 2 aliphatic heterocycles. The van der Waals surface area contributed by atoms with Gasteiger partial charge in [0.1, 0.15) is 25.1 Å². The van der Waals surface area contributed by atoms with Gasteiger partial charge < -0.3 is 14.4 Å². The Kier molecular flexibility index (Phi) is 4.15. The SMILES string of the molecule is Cn1c(N2CCC[C@H]2c2ccc3c(c2)OCCO3)c(C#N)c(=O)n(C)c1=O. The number of nitriles is 1. The maximum Gasteiger partial charge on any atom is 0.332 e. The van der Waals surface area contributed by atoms with E-state index in [1.54, 1.807) is 7.05 Å². The lowest BCUT2D eigenvalue weighted by molar-refractivity contribution is 0.171. The molecule has 1 aromatic carbocycles. The fourth-order valence-electron chi connectivity index (χ4n) is 3.90. The van der Waals surface area contributed by atoms with Crippen LogP contribution in [0, 0.1) is 11.3 Å². The van der Waals surface area contributed by atoms with E-state index in [-0.39, 0.29) is 11.6 Å². The summed E-state index contributed by atoms with van der Waals surface area (Å²) < 4.78 is 13.6. The lowest BCUT2D eigenvalue weighted by atomic mass is 10.0. The van der Waals surface area contributed by atoms with Gasteiger partial charge in [-0.25, -0.2) is 4.79 Å². The number of benzene rings is 1. The molecule has 140 valence electrons. The molecule has 4 rings (SSSR count). The summed E-state index contributed by atoms with van der Waals surface area (Å²) in [5, 5.41) is 9.57. The Bertz CT molecular complexity index is 1060. The predicted molar refractivity (Wildman–Crippen MR) is 98.4 cm³/mol. The van der Waals surface area contributed by atoms with Crippen molar-refractivity contribution < 1.29 is 9.47 Å². The zero-order valence-corrected chi connectivity index (χ0v) is 15.3. The molecule has 1 saturated heterocycles. The molecule has 0 amide bonds. The van der Waals surface area contributed by atoms with Gasteiger partial charge in [0, 0.05) is 20.6 Å². The molecule has 8 nitrogen and oxygen atoms in total. The van der Waals surface area contributed by atoms with Crippen LogP contribution in [0.1, 0.15) is 30.0 Å². The first-order chi connectivity index (χ1) is 13.0. The molecular formula is C19H20N4O4. The maximum atomic E-state index is 12.4. The summed E-state index contributed by atoms with van der Waals surface area (Å²) in [6.07, 6.45) is 1.75. The number of anilines is 1. The van der Waals surface area contributed by atoms with Crippen LogP contribution < -0.4 is 25.6 Å². The summed E-state index contributed by atoms with van der Waals surface area (Å²) in [7, 11) is 2.98. The van der Waals surface area contributed by atoms with Crippen LogP contribution in [0.2, 0.25) is 0 Å². The highest BCUT2D eigenvalue weighted by atomic mass is 16.6. The van der Waals surface area contributed by atoms with Gasteiger partial charge >= 0.3 is 5.69 Å². The lowest BCUT2D eigenvalue weighted by Crippen LogP contribution is -2.42. The molecule has 2 aliphatic rings. The molecule has 8 heteroatoms. The molecule has 1 fully saturated rings. The van der Waals surface area contributed by atoms with Crippen LogP contribution in [0.5, 0.6) is 11.5 Å². The Morgan fingerprint density at radius 3 is 2.59 bits per heavy atom. The highest BCUT2D eigenvalue weighted by Crippen LogP contribution is 2.40. The van der Waals surface area contributed by atoms with E-state index in [1.807, 2.05) is 29.2 Å². The van der Waals surface area contributed by atoms with E-state index >= 15 is 0 Å². The average Bonchev–Trinajstić information content (AvgIpc) is 3.17. The number of aromatic nitrogens is 2. The van der Waals surface area contributed by atoms with E-state index in [9.17, 15) is 14.9 Å². The Hall–Kier alpha value is -3.21. The molecule has 3 heterocycles. The van der Waals surface area contributed by atoms with Gasteiger partial charge in [-0.1, -0.05) is 6.07 Å². The Balaban J connectivity index is 1.83. The number of nitrogens with zero attached hydrogens (tertiary/aromatic N) is 4. The zero-order valence-electron chi connectivity index (χ0n) is 15.3. The minimum absolute atomic E-state index is 0.0101. The lowest BCUT2D eigenvalue weighted by Gasteiger charge is -2.30. The van der Waals surface area contributed by atoms with Crippen LogP contribution >= 0.6 is 0 Å². The first-order valence-electron chi connectivity index (χ1n) is 8.89. The van der Waals surface area contributed by atoms with Crippen molar-refractivity contribution in [2.75, 3.05) is 24.7 Å². The monoisotopic (exact) mass is 368 g/mol. The van der Waals surface area contributed by atoms with Crippen LogP contribution in [0.15, 0.2) is 27.8 Å². The highest BCUT2D eigenvalue weighted by molar-refractivity contribution is 5.57. The predicted octanol–water partition coefficient (Wildman–Crippen LogP) is 1.07. The van der Waals surface area contributed by atoms with E-state index in [2.05, 4.69) is 0 Å². The van der Waals surface area contributed by atoms with Gasteiger partial charge in [-0.05, 0) is 30.5 Å². The van der Waals surface area contributed by atoms with Crippen molar-refractivity contribution >= 4 is 5.82 Å². The first kappa shape index (κ1) is 17.2. The largest absolute Gasteiger partial charge is 0.486 e. The van der Waals surface area contributed by atoms with Crippen molar-refractivity contribution in [2.24, 2.45) is 14.1 Å². The van der Waals surface area contributed by atoms with Crippen LogP contribution in [0.3, 0.4) is 0 Å². The normalized spacial score (nSPS) is 18.4. The van der Waals surface area contributed by atoms with Crippen molar-refractivity contribution in [3.05, 3.63) is 50.2 Å². The fraction of sp³-hybridized carbons (Fsp3) is 0.421. The van der Waals surface area contributed by atoms with E-state index in [0.29, 0.717) is 37.1 Å². The van der Waals surface area contributed by atoms with E-state index in [1.165, 1.54) is 11.6 Å². The molecule has 1 atom stereocenters. The maximum absolute atomic E-state index is 12.4. The van der Waals surface area contributed by atoms with Crippen molar-refractivity contribution in [3.8, 4) is 17.6 Å². The number of rotatable bonds is 2. The molecular weight excluding hydrogens is 348 g/mol. The second-order valence-corrected chi connectivity index (χ2v) is 6.77. The molecule has 0 aliphatic carbocycles. The van der Waals surface area contributed by atoms with Gasteiger partial charge in [0.2, 0.25) is 0 Å². The van der Waals surface area contributed by atoms with Crippen LogP contribution in [0.25, 0.3) is 0 Å². The molecule has 0 spiro atoms. The van der Waals surface area contributed by atoms with Gasteiger partial charge in [0.25, 0.3) is 5.56 Å². The zero-order chi connectivity index (χ0) is 19.1. The highest BCUT2D eigenvalue weighted by Gasteiger charge is 2.32. The number of fused-ring (bicyclic) bond motifs is 1. The van der Waals surface area contributed by atoms with Crippen LogP contribution in [-0.2, 0) is 14.1 Å². The smallest absolute Gasteiger partial charge is 0.332 e. The second kappa shape index (κ2) is 6.50. The molecule has 0 radical (unpaired) electrons. The second-order valence-electron chi connectivity index (χ2n) is 6.77. The van der Waals surface area contributed by atoms with Crippen molar-refractivity contribution in [3.63, 3.8) is 0 Å². The van der Waals surface area contributed by atoms with E-state index in [4.69, 9.17) is 9.47 Å². The fourth-order valence-corrected chi connectivity index (χ4v) is 3.90. The van der Waals surface area contributed by atoms with Gasteiger partial charge in [-0.15, -0.1) is 0 Å². The van der Waals surface area contributed by atoms with Gasteiger partial charge in [-0.3, -0.25) is 13.9 Å². The molecule has 27 heavy (non-hydrogen) atoms. The first-order valence-corrected chi connectivity index (χ1v) is 8.89. The summed E-state index contributed by atoms with van der Waals surface area (Å²) in [6.45, 7) is 1.70. The molecule has 0 N–H and O–H groups in total. The third-order valence-electron chi connectivity index (χ3n) is 5.22. The molecule has 0 saturated carbocycles. The van der Waals surface area contributed by atoms with Crippen LogP contribution in [-0.4, -0.2) is 28.9 Å². The number of ether oxygens (including phenoxy) is 2. The molecule has 2 aromatic rings. The van der Waals surface area contributed by atoms with Crippen molar-refractivity contribution in [2.45, 2.75) is 18.9 Å². The summed E-state index contributed by atoms with van der Waals surface area (Å²) in [6, 6.07) is 7.75. The molecule has 1 aromatic heterocycles. The molecule has 0 unspecified atom stereocenters. The summed E-state index contributed by atoms with van der Waals surface area (Å²) >= 11 is 0. The molecule has 0 bridgehead atoms. The van der Waals surface area contributed by atoms with Crippen molar-refractivity contribution in [1.82, 2.24) is 9.13 Å². The third kappa shape index (κ3) is 2.67. The number of hydrogen-bond donors (Lipinski definition) is 0. The van der Waals surface area contributed by atoms with Gasteiger partial charge in [0.05, 0.1) is 6.04 Å². The summed E-state index contributed by atoms with van der Waals surface area (Å²) in [4.78, 5) is 26.9. The van der Waals surface area contributed by atoms with Crippen molar-refractivity contribution in [1.29, 1.82) is 5.26 Å². The van der Waals surface area contributed by atoms with E-state index < -0.39 is 11.2 Å². The summed E-state index contributed by atoms with van der Waals surface area (Å²) in [5.74, 6) is 1.79. The van der Waals surface area contributed by atoms with Gasteiger partial charge in [0.15, 0.2) is 17.1 Å².